The fraction of sp³-hybridized carbons (Fsp3) is 0.650. The normalized spacial score (nSPS) is 25.0. The molecule has 3 fully saturated rings. The first-order valence-corrected chi connectivity index (χ1v) is 10.1. The van der Waals surface area contributed by atoms with Gasteiger partial charge in [-0.05, 0) is 43.4 Å². The van der Waals surface area contributed by atoms with E-state index in [1.807, 2.05) is 13.2 Å². The first-order valence-electron chi connectivity index (χ1n) is 10.1. The number of anilines is 1. The molecular formula is C20H31IN6O. The zero-order valence-corrected chi connectivity index (χ0v) is 18.9. The van der Waals surface area contributed by atoms with E-state index in [0.717, 1.165) is 63.9 Å². The van der Waals surface area contributed by atoms with E-state index in [4.69, 9.17) is 0 Å². The molecule has 28 heavy (non-hydrogen) atoms. The molecule has 7 nitrogen and oxygen atoms in total. The van der Waals surface area contributed by atoms with Crippen LogP contribution in [0.2, 0.25) is 0 Å². The number of likely N-dealkylation sites (tertiary alicyclic amines) is 1. The molecule has 3 aliphatic rings. The van der Waals surface area contributed by atoms with Gasteiger partial charge in [0.2, 0.25) is 5.91 Å². The van der Waals surface area contributed by atoms with Gasteiger partial charge in [0.1, 0.15) is 5.82 Å². The van der Waals surface area contributed by atoms with Crippen LogP contribution >= 0.6 is 24.0 Å². The number of aromatic nitrogens is 1. The molecule has 0 aromatic carbocycles. The number of aliphatic imine (C=N–C) groups is 1. The van der Waals surface area contributed by atoms with Crippen LogP contribution < -0.4 is 15.5 Å². The third-order valence-corrected chi connectivity index (χ3v) is 6.06. The molecule has 1 aromatic rings. The van der Waals surface area contributed by atoms with Gasteiger partial charge in [0.05, 0.1) is 0 Å². The van der Waals surface area contributed by atoms with E-state index in [2.05, 4.69) is 42.5 Å². The van der Waals surface area contributed by atoms with Crippen molar-refractivity contribution < 1.29 is 4.79 Å². The number of guanidine groups is 1. The molecule has 4 rings (SSSR count). The summed E-state index contributed by atoms with van der Waals surface area (Å²) in [5.41, 5.74) is 1.30. The van der Waals surface area contributed by atoms with E-state index >= 15 is 0 Å². The Balaban J connectivity index is 0.00000225. The predicted octanol–water partition coefficient (Wildman–Crippen LogP) is 1.98. The number of nitrogens with one attached hydrogen (secondary N) is 2. The minimum atomic E-state index is 0. The van der Waals surface area contributed by atoms with E-state index < -0.39 is 0 Å². The molecule has 0 bridgehead atoms. The van der Waals surface area contributed by atoms with Crippen molar-refractivity contribution in [3.05, 3.63) is 23.9 Å². The quantitative estimate of drug-likeness (QED) is 0.379. The number of nitrogens with zero attached hydrogens (tertiary/aromatic N) is 4. The average Bonchev–Trinajstić information content (AvgIpc) is 3.33. The predicted molar refractivity (Wildman–Crippen MR) is 122 cm³/mol. The second-order valence-electron chi connectivity index (χ2n) is 8.10. The van der Waals surface area contributed by atoms with Crippen molar-refractivity contribution in [3.63, 3.8) is 0 Å². The Hall–Kier alpha value is -1.58. The van der Waals surface area contributed by atoms with Crippen LogP contribution in [0.5, 0.6) is 0 Å². The van der Waals surface area contributed by atoms with Gasteiger partial charge in [-0.2, -0.15) is 0 Å². The number of amides is 1. The third kappa shape index (κ3) is 4.69. The second kappa shape index (κ2) is 9.28. The smallest absolute Gasteiger partial charge is 0.220 e. The maximum atomic E-state index is 11.7. The number of pyridine rings is 1. The van der Waals surface area contributed by atoms with Crippen molar-refractivity contribution in [2.24, 2.45) is 10.4 Å². The number of rotatable bonds is 3. The van der Waals surface area contributed by atoms with Crippen LogP contribution in [-0.2, 0) is 11.3 Å². The molecule has 0 aliphatic carbocycles. The van der Waals surface area contributed by atoms with Crippen LogP contribution in [0.1, 0.15) is 37.7 Å². The van der Waals surface area contributed by atoms with Gasteiger partial charge in [-0.25, -0.2) is 4.98 Å². The summed E-state index contributed by atoms with van der Waals surface area (Å²) in [7, 11) is 1.84. The number of halogens is 1. The summed E-state index contributed by atoms with van der Waals surface area (Å²) in [6.07, 6.45) is 7.27. The first-order chi connectivity index (χ1) is 13.2. The van der Waals surface area contributed by atoms with Crippen LogP contribution in [-0.4, -0.2) is 61.5 Å². The molecule has 154 valence electrons. The van der Waals surface area contributed by atoms with E-state index in [0.29, 0.717) is 6.42 Å². The van der Waals surface area contributed by atoms with Gasteiger partial charge in [0, 0.05) is 64.3 Å². The summed E-state index contributed by atoms with van der Waals surface area (Å²) in [5, 5.41) is 6.53. The minimum Gasteiger partial charge on any atom is -0.357 e. The van der Waals surface area contributed by atoms with Crippen molar-refractivity contribution in [1.82, 2.24) is 20.5 Å². The zero-order valence-electron chi connectivity index (χ0n) is 16.6. The molecule has 1 amide bonds. The molecule has 8 heteroatoms. The maximum absolute atomic E-state index is 11.7. The van der Waals surface area contributed by atoms with E-state index in [1.165, 1.54) is 18.4 Å². The summed E-state index contributed by atoms with van der Waals surface area (Å²) in [6, 6.07) is 4.25. The Kier molecular flexibility index (Phi) is 7.00. The molecular weight excluding hydrogens is 467 g/mol. The van der Waals surface area contributed by atoms with Crippen molar-refractivity contribution in [2.75, 3.05) is 44.7 Å². The van der Waals surface area contributed by atoms with E-state index in [1.54, 1.807) is 0 Å². The molecule has 1 aromatic heterocycles. The lowest BCUT2D eigenvalue weighted by Gasteiger charge is -2.40. The van der Waals surface area contributed by atoms with E-state index in [9.17, 15) is 4.79 Å². The van der Waals surface area contributed by atoms with Gasteiger partial charge in [0.15, 0.2) is 5.96 Å². The van der Waals surface area contributed by atoms with Gasteiger partial charge in [0.25, 0.3) is 0 Å². The zero-order chi connectivity index (χ0) is 18.7. The van der Waals surface area contributed by atoms with Crippen LogP contribution in [0.4, 0.5) is 5.82 Å². The second-order valence-corrected chi connectivity index (χ2v) is 8.10. The molecule has 1 spiro atoms. The monoisotopic (exact) mass is 498 g/mol. The molecule has 3 aliphatic heterocycles. The number of piperidine rings is 1. The molecule has 3 saturated heterocycles. The fourth-order valence-electron chi connectivity index (χ4n) is 4.63. The topological polar surface area (TPSA) is 72.9 Å². The van der Waals surface area contributed by atoms with Crippen LogP contribution in [0.15, 0.2) is 23.3 Å². The number of carbonyl (C=O) groups excluding carboxylic acids is 1. The average molecular weight is 498 g/mol. The number of hydrogen-bond donors (Lipinski definition) is 2. The van der Waals surface area contributed by atoms with Crippen molar-refractivity contribution in [3.8, 4) is 0 Å². The summed E-state index contributed by atoms with van der Waals surface area (Å²) in [4.78, 5) is 25.4. The molecule has 4 heterocycles. The lowest BCUT2D eigenvalue weighted by molar-refractivity contribution is -0.119. The standard InChI is InChI=1S/C20H30N6O.HI/c1-21-19(26-10-4-6-20(15-26)12-18(27)24-14-20)23-13-16-5-7-22-17(11-16)25-8-2-3-9-25;/h5,7,11H,2-4,6,8-10,12-15H2,1H3,(H,21,23)(H,24,27);1H. The minimum absolute atomic E-state index is 0. The van der Waals surface area contributed by atoms with Crippen LogP contribution in [0.3, 0.4) is 0 Å². The number of carbonyl (C=O) groups is 1. The highest BCUT2D eigenvalue weighted by Crippen LogP contribution is 2.36. The van der Waals surface area contributed by atoms with Crippen molar-refractivity contribution in [1.29, 1.82) is 0 Å². The molecule has 1 atom stereocenters. The van der Waals surface area contributed by atoms with Crippen molar-refractivity contribution >= 4 is 41.7 Å². The highest BCUT2D eigenvalue weighted by atomic mass is 127. The van der Waals surface area contributed by atoms with Gasteiger partial charge in [-0.1, -0.05) is 0 Å². The van der Waals surface area contributed by atoms with Gasteiger partial charge >= 0.3 is 0 Å². The lowest BCUT2D eigenvalue weighted by Crippen LogP contribution is -2.51. The molecule has 0 radical (unpaired) electrons. The van der Waals surface area contributed by atoms with Gasteiger partial charge in [-0.3, -0.25) is 9.79 Å². The molecule has 0 saturated carbocycles. The Labute approximate surface area is 184 Å². The summed E-state index contributed by atoms with van der Waals surface area (Å²) in [5.74, 6) is 2.19. The molecule has 1 unspecified atom stereocenters. The van der Waals surface area contributed by atoms with E-state index in [-0.39, 0.29) is 35.3 Å². The summed E-state index contributed by atoms with van der Waals surface area (Å²) >= 11 is 0. The fourth-order valence-corrected chi connectivity index (χ4v) is 4.63. The SMILES string of the molecule is CN=C(NCc1ccnc(N2CCCC2)c1)N1CCCC2(CNC(=O)C2)C1.I. The summed E-state index contributed by atoms with van der Waals surface area (Å²) < 4.78 is 0. The maximum Gasteiger partial charge on any atom is 0.220 e. The third-order valence-electron chi connectivity index (χ3n) is 6.06. The highest BCUT2D eigenvalue weighted by molar-refractivity contribution is 14.0. The Morgan fingerprint density at radius 2 is 2.14 bits per heavy atom. The van der Waals surface area contributed by atoms with Gasteiger partial charge < -0.3 is 20.4 Å². The van der Waals surface area contributed by atoms with Crippen LogP contribution in [0.25, 0.3) is 0 Å². The largest absolute Gasteiger partial charge is 0.357 e. The Morgan fingerprint density at radius 3 is 2.86 bits per heavy atom. The Bertz CT molecular complexity index is 720. The Morgan fingerprint density at radius 1 is 1.32 bits per heavy atom. The first kappa shape index (κ1) is 21.1. The van der Waals surface area contributed by atoms with Crippen LogP contribution in [0, 0.1) is 5.41 Å². The number of hydrogen-bond acceptors (Lipinski definition) is 4. The van der Waals surface area contributed by atoms with Crippen molar-refractivity contribution in [2.45, 2.75) is 38.6 Å². The lowest BCUT2D eigenvalue weighted by atomic mass is 9.79. The summed E-state index contributed by atoms with van der Waals surface area (Å²) in [6.45, 7) is 5.62. The molecule has 2 N–H and O–H groups in total. The van der Waals surface area contributed by atoms with Gasteiger partial charge in [-0.15, -0.1) is 24.0 Å². The highest BCUT2D eigenvalue weighted by Gasteiger charge is 2.42.